The Morgan fingerprint density at radius 2 is 2.38 bits per heavy atom. The predicted molar refractivity (Wildman–Crippen MR) is 44.3 cm³/mol. The summed E-state index contributed by atoms with van der Waals surface area (Å²) in [6.45, 7) is 1.37. The van der Waals surface area contributed by atoms with Crippen LogP contribution in [0.2, 0.25) is 0 Å². The van der Waals surface area contributed by atoms with Gasteiger partial charge in [0.1, 0.15) is 6.54 Å². The molecule has 1 saturated heterocycles. The molecule has 0 aliphatic carbocycles. The van der Waals surface area contributed by atoms with Crippen LogP contribution >= 0.6 is 0 Å². The lowest BCUT2D eigenvalue weighted by molar-refractivity contribution is -0.135. The summed E-state index contributed by atoms with van der Waals surface area (Å²) < 4.78 is 5.08. The van der Waals surface area contributed by atoms with Crippen LogP contribution in [0.3, 0.4) is 0 Å². The fourth-order valence-electron chi connectivity index (χ4n) is 1.11. The van der Waals surface area contributed by atoms with Gasteiger partial charge in [-0.15, -0.1) is 0 Å². The molecule has 1 aliphatic heterocycles. The van der Waals surface area contributed by atoms with E-state index in [0.717, 1.165) is 0 Å². The molecule has 3 N–H and O–H groups in total. The Morgan fingerprint density at radius 1 is 1.62 bits per heavy atom. The van der Waals surface area contributed by atoms with E-state index >= 15 is 0 Å². The fourth-order valence-corrected chi connectivity index (χ4v) is 1.11. The van der Waals surface area contributed by atoms with Gasteiger partial charge in [0.15, 0.2) is 0 Å². The van der Waals surface area contributed by atoms with Crippen LogP contribution in [-0.4, -0.2) is 43.0 Å². The quantitative estimate of drug-likeness (QED) is 0.304. The predicted octanol–water partition coefficient (Wildman–Crippen LogP) is -1.77. The van der Waals surface area contributed by atoms with Crippen LogP contribution in [0.25, 0.3) is 0 Å². The van der Waals surface area contributed by atoms with Crippen LogP contribution in [0.4, 0.5) is 0 Å². The van der Waals surface area contributed by atoms with Gasteiger partial charge in [-0.1, -0.05) is 0 Å². The smallest absolute Gasteiger partial charge is 0.253 e. The maximum absolute atomic E-state index is 11.3. The van der Waals surface area contributed by atoms with E-state index in [1.165, 1.54) is 4.90 Å². The van der Waals surface area contributed by atoms with Gasteiger partial charge in [-0.05, 0) is 0 Å². The molecule has 0 atom stereocenters. The zero-order valence-corrected chi connectivity index (χ0v) is 7.28. The second kappa shape index (κ2) is 4.78. The molecule has 0 unspecified atom stereocenters. The van der Waals surface area contributed by atoms with E-state index in [4.69, 9.17) is 10.6 Å². The first-order chi connectivity index (χ1) is 6.24. The number of amides is 2. The van der Waals surface area contributed by atoms with E-state index in [-0.39, 0.29) is 18.4 Å². The average Bonchev–Trinajstić information content (AvgIpc) is 2.32. The van der Waals surface area contributed by atoms with Crippen molar-refractivity contribution in [3.8, 4) is 0 Å². The second-order valence-corrected chi connectivity index (χ2v) is 2.75. The molecule has 74 valence electrons. The van der Waals surface area contributed by atoms with Gasteiger partial charge in [0.05, 0.1) is 19.6 Å². The van der Waals surface area contributed by atoms with E-state index in [1.807, 2.05) is 5.43 Å². The fraction of sp³-hybridized carbons (Fsp3) is 0.714. The van der Waals surface area contributed by atoms with Crippen molar-refractivity contribution in [1.29, 1.82) is 0 Å². The highest BCUT2D eigenvalue weighted by atomic mass is 16.5. The third kappa shape index (κ3) is 3.00. The van der Waals surface area contributed by atoms with Crippen LogP contribution in [-0.2, 0) is 14.3 Å². The summed E-state index contributed by atoms with van der Waals surface area (Å²) in [7, 11) is 0. The van der Waals surface area contributed by atoms with Crippen LogP contribution in [0.1, 0.15) is 6.42 Å². The molecule has 13 heavy (non-hydrogen) atoms. The van der Waals surface area contributed by atoms with E-state index in [1.54, 1.807) is 0 Å². The number of carbonyl (C=O) groups excluding carboxylic acids is 2. The summed E-state index contributed by atoms with van der Waals surface area (Å²) >= 11 is 0. The SMILES string of the molecule is NNC(=O)CN1CCOCCC1=O. The van der Waals surface area contributed by atoms with Crippen molar-refractivity contribution in [1.82, 2.24) is 10.3 Å². The second-order valence-electron chi connectivity index (χ2n) is 2.75. The molecule has 0 saturated carbocycles. The van der Waals surface area contributed by atoms with Crippen LogP contribution in [0.15, 0.2) is 0 Å². The molecule has 0 aromatic carbocycles. The average molecular weight is 187 g/mol. The molecule has 0 bridgehead atoms. The third-order valence-corrected chi connectivity index (χ3v) is 1.81. The van der Waals surface area contributed by atoms with Gasteiger partial charge in [0.2, 0.25) is 5.91 Å². The van der Waals surface area contributed by atoms with Crippen LogP contribution in [0.5, 0.6) is 0 Å². The van der Waals surface area contributed by atoms with Gasteiger partial charge in [-0.25, -0.2) is 5.84 Å². The van der Waals surface area contributed by atoms with Crippen molar-refractivity contribution in [2.45, 2.75) is 6.42 Å². The highest BCUT2D eigenvalue weighted by Crippen LogP contribution is 2.00. The number of ether oxygens (including phenoxy) is 1. The standard InChI is InChI=1S/C7H13N3O3/c8-9-6(11)5-10-2-4-13-3-1-7(10)12/h1-5,8H2,(H,9,11). The number of hydrogen-bond donors (Lipinski definition) is 2. The van der Waals surface area contributed by atoms with E-state index in [0.29, 0.717) is 26.2 Å². The minimum absolute atomic E-state index is 0.0126. The lowest BCUT2D eigenvalue weighted by Crippen LogP contribution is -2.43. The Morgan fingerprint density at radius 3 is 3.08 bits per heavy atom. The minimum Gasteiger partial charge on any atom is -0.379 e. The zero-order valence-electron chi connectivity index (χ0n) is 7.28. The van der Waals surface area contributed by atoms with Gasteiger partial charge in [-0.3, -0.25) is 15.0 Å². The maximum Gasteiger partial charge on any atom is 0.253 e. The van der Waals surface area contributed by atoms with Crippen molar-refractivity contribution in [2.75, 3.05) is 26.3 Å². The van der Waals surface area contributed by atoms with Gasteiger partial charge in [-0.2, -0.15) is 0 Å². The topological polar surface area (TPSA) is 84.7 Å². The van der Waals surface area contributed by atoms with Gasteiger partial charge >= 0.3 is 0 Å². The number of carbonyl (C=O) groups is 2. The summed E-state index contributed by atoms with van der Waals surface area (Å²) in [5.41, 5.74) is 1.98. The number of nitrogens with two attached hydrogens (primary N) is 1. The minimum atomic E-state index is -0.366. The Balaban J connectivity index is 2.45. The Bertz CT molecular complexity index is 207. The van der Waals surface area contributed by atoms with Gasteiger partial charge in [0.25, 0.3) is 5.91 Å². The monoisotopic (exact) mass is 187 g/mol. The molecule has 0 spiro atoms. The van der Waals surface area contributed by atoms with E-state index in [9.17, 15) is 9.59 Å². The highest BCUT2D eigenvalue weighted by molar-refractivity contribution is 5.84. The molecule has 0 radical (unpaired) electrons. The first-order valence-corrected chi connectivity index (χ1v) is 4.09. The number of nitrogens with zero attached hydrogens (tertiary/aromatic N) is 1. The Labute approximate surface area is 76.0 Å². The summed E-state index contributed by atoms with van der Waals surface area (Å²) in [5, 5.41) is 0. The van der Waals surface area contributed by atoms with Crippen molar-refractivity contribution in [3.05, 3.63) is 0 Å². The normalized spacial score (nSPS) is 18.2. The lowest BCUT2D eigenvalue weighted by Gasteiger charge is -2.17. The summed E-state index contributed by atoms with van der Waals surface area (Å²) in [5.74, 6) is 4.47. The summed E-state index contributed by atoms with van der Waals surface area (Å²) in [4.78, 5) is 23.6. The van der Waals surface area contributed by atoms with Crippen molar-refractivity contribution in [2.24, 2.45) is 5.84 Å². The number of nitrogens with one attached hydrogen (secondary N) is 1. The Kier molecular flexibility index (Phi) is 3.66. The number of hydrogen-bond acceptors (Lipinski definition) is 4. The number of rotatable bonds is 2. The molecule has 6 nitrogen and oxygen atoms in total. The van der Waals surface area contributed by atoms with Crippen LogP contribution < -0.4 is 11.3 Å². The molecule has 1 rings (SSSR count). The van der Waals surface area contributed by atoms with Gasteiger partial charge in [0, 0.05) is 6.54 Å². The molecule has 1 heterocycles. The highest BCUT2D eigenvalue weighted by Gasteiger charge is 2.18. The van der Waals surface area contributed by atoms with E-state index in [2.05, 4.69) is 0 Å². The van der Waals surface area contributed by atoms with E-state index < -0.39 is 0 Å². The molecule has 1 fully saturated rings. The lowest BCUT2D eigenvalue weighted by atomic mass is 10.3. The molecular formula is C7H13N3O3. The van der Waals surface area contributed by atoms with Crippen LogP contribution in [0, 0.1) is 0 Å². The summed E-state index contributed by atoms with van der Waals surface area (Å²) in [6, 6.07) is 0. The molecule has 6 heteroatoms. The molecular weight excluding hydrogens is 174 g/mol. The molecule has 2 amide bonds. The largest absolute Gasteiger partial charge is 0.379 e. The van der Waals surface area contributed by atoms with Crippen molar-refractivity contribution in [3.63, 3.8) is 0 Å². The first kappa shape index (κ1) is 9.94. The van der Waals surface area contributed by atoms with Gasteiger partial charge < -0.3 is 9.64 Å². The van der Waals surface area contributed by atoms with Crippen molar-refractivity contribution < 1.29 is 14.3 Å². The first-order valence-electron chi connectivity index (χ1n) is 4.09. The third-order valence-electron chi connectivity index (χ3n) is 1.81. The zero-order chi connectivity index (χ0) is 9.68. The molecule has 0 aromatic rings. The summed E-state index contributed by atoms with van der Waals surface area (Å²) in [6.07, 6.45) is 0.331. The van der Waals surface area contributed by atoms with Crippen molar-refractivity contribution >= 4 is 11.8 Å². The molecule has 0 aromatic heterocycles. The maximum atomic E-state index is 11.3. The number of hydrazine groups is 1. The Hall–Kier alpha value is -1.14. The molecule has 1 aliphatic rings.